The Labute approximate surface area is 238 Å². The van der Waals surface area contributed by atoms with Crippen LogP contribution in [0.4, 0.5) is 19.0 Å². The summed E-state index contributed by atoms with van der Waals surface area (Å²) in [7, 11) is 0. The Bertz CT molecular complexity index is 1650. The molecule has 0 aliphatic rings. The highest BCUT2D eigenvalue weighted by atomic mass is 19.4. The third-order valence-electron chi connectivity index (χ3n) is 6.42. The number of hydrogen-bond donors (Lipinski definition) is 4. The van der Waals surface area contributed by atoms with E-state index in [1.807, 2.05) is 60.8 Å². The van der Waals surface area contributed by atoms with E-state index in [4.69, 9.17) is 14.6 Å². The van der Waals surface area contributed by atoms with Gasteiger partial charge in [-0.05, 0) is 52.6 Å². The second-order valence-electron chi connectivity index (χ2n) is 9.36. The number of carboxylic acid groups (broad SMARTS) is 2. The van der Waals surface area contributed by atoms with Crippen molar-refractivity contribution in [1.82, 2.24) is 9.97 Å². The normalized spacial score (nSPS) is 11.9. The molecule has 1 atom stereocenters. The fourth-order valence-electron chi connectivity index (χ4n) is 4.46. The number of pyridine rings is 1. The van der Waals surface area contributed by atoms with Crippen molar-refractivity contribution in [1.29, 1.82) is 0 Å². The Morgan fingerprint density at radius 1 is 0.952 bits per heavy atom. The monoisotopic (exact) mass is 579 g/mol. The summed E-state index contributed by atoms with van der Waals surface area (Å²) in [5.41, 5.74) is 2.90. The van der Waals surface area contributed by atoms with Crippen LogP contribution < -0.4 is 10.1 Å². The molecular formula is C31H28F3N3O5. The van der Waals surface area contributed by atoms with E-state index in [9.17, 15) is 23.1 Å². The molecule has 0 aliphatic heterocycles. The van der Waals surface area contributed by atoms with Gasteiger partial charge >= 0.3 is 18.1 Å². The lowest BCUT2D eigenvalue weighted by atomic mass is 9.87. The quantitative estimate of drug-likeness (QED) is 0.134. The van der Waals surface area contributed by atoms with Crippen LogP contribution >= 0.6 is 0 Å². The van der Waals surface area contributed by atoms with Crippen LogP contribution in [0.1, 0.15) is 29.9 Å². The number of hydrogen-bond acceptors (Lipinski definition) is 5. The molecule has 0 aliphatic carbocycles. The van der Waals surface area contributed by atoms with Gasteiger partial charge in [0.2, 0.25) is 0 Å². The molecule has 11 heteroatoms. The third kappa shape index (κ3) is 8.00. The smallest absolute Gasteiger partial charge is 0.490 e. The summed E-state index contributed by atoms with van der Waals surface area (Å²) in [6.45, 7) is 1.35. The van der Waals surface area contributed by atoms with E-state index in [2.05, 4.69) is 39.6 Å². The molecular weight excluding hydrogens is 551 g/mol. The second-order valence-corrected chi connectivity index (χ2v) is 9.36. The molecule has 42 heavy (non-hydrogen) atoms. The molecule has 0 saturated carbocycles. The molecule has 0 spiro atoms. The molecule has 0 bridgehead atoms. The highest BCUT2D eigenvalue weighted by Gasteiger charge is 2.38. The van der Waals surface area contributed by atoms with E-state index in [1.165, 1.54) is 0 Å². The lowest BCUT2D eigenvalue weighted by Gasteiger charge is -2.16. The van der Waals surface area contributed by atoms with E-state index in [1.54, 1.807) is 6.20 Å². The van der Waals surface area contributed by atoms with Gasteiger partial charge in [-0.15, -0.1) is 0 Å². The van der Waals surface area contributed by atoms with E-state index >= 15 is 0 Å². The molecule has 8 nitrogen and oxygen atoms in total. The van der Waals surface area contributed by atoms with Crippen molar-refractivity contribution in [2.45, 2.75) is 24.9 Å². The van der Waals surface area contributed by atoms with Gasteiger partial charge in [0.25, 0.3) is 0 Å². The Balaban J connectivity index is 0.000000517. The predicted octanol–water partition coefficient (Wildman–Crippen LogP) is 6.84. The fraction of sp³-hybridized carbons (Fsp3) is 0.194. The highest BCUT2D eigenvalue weighted by Crippen LogP contribution is 2.36. The molecule has 2 heterocycles. The number of H-pyrrole nitrogens is 1. The lowest BCUT2D eigenvalue weighted by molar-refractivity contribution is -0.192. The van der Waals surface area contributed by atoms with Crippen LogP contribution in [0.25, 0.3) is 21.7 Å². The third-order valence-corrected chi connectivity index (χ3v) is 6.42. The van der Waals surface area contributed by atoms with Gasteiger partial charge in [0.05, 0.1) is 13.0 Å². The first-order valence-electron chi connectivity index (χ1n) is 13.0. The standard InChI is InChI=1S/C29H27N3O3.C2HF3O2/c33-29(34)18-25(22-10-9-20-6-1-2-7-21(20)16-22)26-19-32-27-17-23(11-12-24(26)27)35-15-5-14-31-28-8-3-4-13-30-28;3-2(4,5)1(6)7/h1-4,6-13,16-17,19,25,32H,5,14-15,18H2,(H,30,31)(H,33,34);(H,6,7). The number of benzene rings is 3. The van der Waals surface area contributed by atoms with E-state index < -0.39 is 18.1 Å². The number of rotatable bonds is 10. The van der Waals surface area contributed by atoms with Gasteiger partial charge in [0.15, 0.2) is 0 Å². The van der Waals surface area contributed by atoms with Gasteiger partial charge in [-0.25, -0.2) is 9.78 Å². The molecule has 218 valence electrons. The van der Waals surface area contributed by atoms with Gasteiger partial charge in [-0.1, -0.05) is 48.5 Å². The topological polar surface area (TPSA) is 125 Å². The van der Waals surface area contributed by atoms with E-state index in [-0.39, 0.29) is 12.3 Å². The lowest BCUT2D eigenvalue weighted by Crippen LogP contribution is -2.21. The Morgan fingerprint density at radius 2 is 1.69 bits per heavy atom. The number of aliphatic carboxylic acids is 2. The maximum atomic E-state index is 11.8. The zero-order valence-electron chi connectivity index (χ0n) is 22.3. The van der Waals surface area contributed by atoms with Crippen LogP contribution in [0.5, 0.6) is 5.75 Å². The summed E-state index contributed by atoms with van der Waals surface area (Å²) in [5.74, 6) is -2.20. The van der Waals surface area contributed by atoms with Crippen LogP contribution in [0.2, 0.25) is 0 Å². The summed E-state index contributed by atoms with van der Waals surface area (Å²) in [6.07, 6.45) is -0.534. The minimum atomic E-state index is -5.08. The first-order chi connectivity index (χ1) is 20.1. The van der Waals surface area contributed by atoms with Crippen LogP contribution in [0.3, 0.4) is 0 Å². The largest absolute Gasteiger partial charge is 0.493 e. The number of carbonyl (C=O) groups is 2. The maximum Gasteiger partial charge on any atom is 0.490 e. The van der Waals surface area contributed by atoms with Gasteiger partial charge in [-0.3, -0.25) is 4.79 Å². The number of nitrogens with zero attached hydrogens (tertiary/aromatic N) is 1. The minimum absolute atomic E-state index is 0.0207. The van der Waals surface area contributed by atoms with Crippen LogP contribution in [-0.4, -0.2) is 51.4 Å². The van der Waals surface area contributed by atoms with Crippen LogP contribution in [0.15, 0.2) is 91.3 Å². The summed E-state index contributed by atoms with van der Waals surface area (Å²) in [6, 6.07) is 26.0. The molecule has 3 aromatic carbocycles. The Kier molecular flexibility index (Phi) is 9.64. The number of carboxylic acids is 2. The maximum absolute atomic E-state index is 11.8. The van der Waals surface area contributed by atoms with Crippen molar-refractivity contribution in [3.8, 4) is 5.75 Å². The number of nitrogens with one attached hydrogen (secondary N) is 2. The summed E-state index contributed by atoms with van der Waals surface area (Å²) in [5, 5.41) is 23.3. The molecule has 2 aromatic heterocycles. The molecule has 0 radical (unpaired) electrons. The van der Waals surface area contributed by atoms with Gasteiger partial charge in [0, 0.05) is 41.8 Å². The zero-order valence-corrected chi connectivity index (χ0v) is 22.3. The number of anilines is 1. The van der Waals surface area contributed by atoms with Gasteiger partial charge in [-0.2, -0.15) is 13.2 Å². The molecule has 5 aromatic rings. The second kappa shape index (κ2) is 13.5. The SMILES string of the molecule is O=C(O)C(F)(F)F.O=C(O)CC(c1ccc2ccccc2c1)c1c[nH]c2cc(OCCCNc3ccccn3)ccc12. The van der Waals surface area contributed by atoms with Crippen molar-refractivity contribution in [3.63, 3.8) is 0 Å². The van der Waals surface area contributed by atoms with Crippen molar-refractivity contribution >= 4 is 39.4 Å². The fourth-order valence-corrected chi connectivity index (χ4v) is 4.46. The van der Waals surface area contributed by atoms with E-state index in [0.29, 0.717) is 6.61 Å². The predicted molar refractivity (Wildman–Crippen MR) is 153 cm³/mol. The van der Waals surface area contributed by atoms with Crippen LogP contribution in [0, 0.1) is 0 Å². The van der Waals surface area contributed by atoms with Gasteiger partial charge in [0.1, 0.15) is 11.6 Å². The average Bonchev–Trinajstić information content (AvgIpc) is 3.39. The van der Waals surface area contributed by atoms with E-state index in [0.717, 1.165) is 57.3 Å². The van der Waals surface area contributed by atoms with Gasteiger partial charge < -0.3 is 25.3 Å². The first kappa shape index (κ1) is 29.9. The summed E-state index contributed by atoms with van der Waals surface area (Å²) < 4.78 is 37.7. The van der Waals surface area contributed by atoms with Crippen molar-refractivity contribution < 1.29 is 37.7 Å². The first-order valence-corrected chi connectivity index (χ1v) is 13.0. The zero-order chi connectivity index (χ0) is 30.1. The molecule has 0 saturated heterocycles. The number of aromatic amines is 1. The molecule has 0 fully saturated rings. The molecule has 5 rings (SSSR count). The highest BCUT2D eigenvalue weighted by molar-refractivity contribution is 5.87. The Hall–Kier alpha value is -5.06. The minimum Gasteiger partial charge on any atom is -0.493 e. The molecule has 1 unspecified atom stereocenters. The Morgan fingerprint density at radius 3 is 2.38 bits per heavy atom. The summed E-state index contributed by atoms with van der Waals surface area (Å²) in [4.78, 5) is 28.2. The number of ether oxygens (including phenoxy) is 1. The number of halogens is 3. The number of aromatic nitrogens is 2. The number of alkyl halides is 3. The van der Waals surface area contributed by atoms with Crippen LogP contribution in [-0.2, 0) is 9.59 Å². The van der Waals surface area contributed by atoms with Crippen molar-refractivity contribution in [2.24, 2.45) is 0 Å². The van der Waals surface area contributed by atoms with Crippen molar-refractivity contribution in [2.75, 3.05) is 18.5 Å². The average molecular weight is 580 g/mol. The summed E-state index contributed by atoms with van der Waals surface area (Å²) >= 11 is 0. The molecule has 4 N–H and O–H groups in total. The van der Waals surface area contributed by atoms with Crippen molar-refractivity contribution in [3.05, 3.63) is 102 Å². The number of fused-ring (bicyclic) bond motifs is 2. The molecule has 0 amide bonds.